The Morgan fingerprint density at radius 3 is 2.30 bits per heavy atom. The van der Waals surface area contributed by atoms with E-state index < -0.39 is 11.7 Å². The molecule has 1 heterocycles. The van der Waals surface area contributed by atoms with Gasteiger partial charge in [-0.2, -0.15) is 18.4 Å². The Morgan fingerprint density at radius 2 is 1.65 bits per heavy atom. The summed E-state index contributed by atoms with van der Waals surface area (Å²) in [5.74, 6) is 0. The lowest BCUT2D eigenvalue weighted by Gasteiger charge is -2.11. The van der Waals surface area contributed by atoms with Crippen molar-refractivity contribution in [1.29, 1.82) is 5.26 Å². The summed E-state index contributed by atoms with van der Waals surface area (Å²) in [5, 5.41) is 18.6. The topological polar surface area (TPSA) is 65.4 Å². The first-order chi connectivity index (χ1) is 11.0. The number of alkyl halides is 3. The molecule has 0 atom stereocenters. The molecule has 0 aliphatic heterocycles. The molecule has 0 unspecified atom stereocenters. The summed E-state index contributed by atoms with van der Waals surface area (Å²) in [6.07, 6.45) is -4.50. The number of rotatable bonds is 2. The van der Waals surface area contributed by atoms with E-state index in [4.69, 9.17) is 5.26 Å². The number of H-pyrrole nitrogens is 1. The molecule has 0 amide bonds. The molecular weight excluding hydrogens is 305 g/mol. The largest absolute Gasteiger partial charge is 0.416 e. The molecule has 1 aromatic heterocycles. The smallest absolute Gasteiger partial charge is 0.247 e. The predicted octanol–water partition coefficient (Wildman–Crippen LogP) is 4.03. The van der Waals surface area contributed by atoms with Gasteiger partial charge in [-0.1, -0.05) is 35.5 Å². The van der Waals surface area contributed by atoms with E-state index in [1.165, 1.54) is 0 Å². The summed E-state index contributed by atoms with van der Waals surface area (Å²) in [4.78, 5) is 0. The fourth-order valence-electron chi connectivity index (χ4n) is 2.23. The van der Waals surface area contributed by atoms with Gasteiger partial charge in [0.05, 0.1) is 5.56 Å². The molecule has 0 bridgehead atoms. The summed E-state index contributed by atoms with van der Waals surface area (Å²) < 4.78 is 39.5. The van der Waals surface area contributed by atoms with E-state index in [0.717, 1.165) is 12.1 Å². The Balaban J connectivity index is 2.23. The third-order valence-electron chi connectivity index (χ3n) is 3.30. The predicted molar refractivity (Wildman–Crippen MR) is 77.0 cm³/mol. The van der Waals surface area contributed by atoms with Gasteiger partial charge in [-0.15, -0.1) is 5.10 Å². The van der Waals surface area contributed by atoms with Gasteiger partial charge in [0.2, 0.25) is 0 Å². The van der Waals surface area contributed by atoms with E-state index in [9.17, 15) is 13.2 Å². The maximum atomic E-state index is 13.2. The van der Waals surface area contributed by atoms with E-state index in [-0.39, 0.29) is 17.0 Å². The van der Waals surface area contributed by atoms with Crippen LogP contribution in [-0.2, 0) is 6.18 Å². The first-order valence-electron chi connectivity index (χ1n) is 6.58. The van der Waals surface area contributed by atoms with E-state index in [2.05, 4.69) is 15.4 Å². The standard InChI is InChI=1S/C16H9F3N4/c17-16(18,19)13-7-11(10-4-2-1-3-5-10)6-12(8-13)15-14(9-20)21-23-22-15/h1-8H,(H,21,22,23). The Hall–Kier alpha value is -3.14. The van der Waals surface area contributed by atoms with E-state index in [0.29, 0.717) is 11.1 Å². The van der Waals surface area contributed by atoms with Crippen LogP contribution in [0.2, 0.25) is 0 Å². The van der Waals surface area contributed by atoms with Crippen LogP contribution >= 0.6 is 0 Å². The number of nitrogens with zero attached hydrogens (tertiary/aromatic N) is 3. The van der Waals surface area contributed by atoms with Crippen LogP contribution in [0.3, 0.4) is 0 Å². The van der Waals surface area contributed by atoms with Crippen LogP contribution in [-0.4, -0.2) is 15.4 Å². The molecule has 4 nitrogen and oxygen atoms in total. The van der Waals surface area contributed by atoms with E-state index in [1.807, 2.05) is 6.07 Å². The third-order valence-corrected chi connectivity index (χ3v) is 3.30. The quantitative estimate of drug-likeness (QED) is 0.776. The highest BCUT2D eigenvalue weighted by molar-refractivity contribution is 5.74. The van der Waals surface area contributed by atoms with Gasteiger partial charge in [-0.3, -0.25) is 0 Å². The average molecular weight is 314 g/mol. The summed E-state index contributed by atoms with van der Waals surface area (Å²) in [5.41, 5.74) is 0.521. The van der Waals surface area contributed by atoms with Crippen molar-refractivity contribution in [3.05, 3.63) is 59.8 Å². The SMILES string of the molecule is N#Cc1[nH]nnc1-c1cc(-c2ccccc2)cc(C(F)(F)F)c1. The van der Waals surface area contributed by atoms with Gasteiger partial charge in [0.25, 0.3) is 0 Å². The Kier molecular flexibility index (Phi) is 3.58. The number of aromatic amines is 1. The van der Waals surface area contributed by atoms with Crippen molar-refractivity contribution in [1.82, 2.24) is 15.4 Å². The second-order valence-electron chi connectivity index (χ2n) is 4.81. The molecule has 2 aromatic carbocycles. The molecule has 0 spiro atoms. The maximum absolute atomic E-state index is 13.2. The molecule has 1 N–H and O–H groups in total. The first-order valence-corrected chi connectivity index (χ1v) is 6.58. The Morgan fingerprint density at radius 1 is 0.957 bits per heavy atom. The molecule has 3 rings (SSSR count). The number of hydrogen-bond acceptors (Lipinski definition) is 3. The normalized spacial score (nSPS) is 11.2. The average Bonchev–Trinajstić information content (AvgIpc) is 3.03. The summed E-state index contributed by atoms with van der Waals surface area (Å²) in [6, 6.07) is 14.1. The molecular formula is C16H9F3N4. The molecule has 3 aromatic rings. The fourth-order valence-corrected chi connectivity index (χ4v) is 2.23. The molecule has 0 saturated carbocycles. The summed E-state index contributed by atoms with van der Waals surface area (Å²) in [7, 11) is 0. The number of benzene rings is 2. The second-order valence-corrected chi connectivity index (χ2v) is 4.81. The van der Waals surface area contributed by atoms with Gasteiger partial charge in [-0.05, 0) is 29.3 Å². The monoisotopic (exact) mass is 314 g/mol. The van der Waals surface area contributed by atoms with Gasteiger partial charge >= 0.3 is 6.18 Å². The lowest BCUT2D eigenvalue weighted by Crippen LogP contribution is -2.05. The van der Waals surface area contributed by atoms with Crippen molar-refractivity contribution in [2.24, 2.45) is 0 Å². The Labute approximate surface area is 129 Å². The van der Waals surface area contributed by atoms with Crippen LogP contribution in [0, 0.1) is 11.3 Å². The summed E-state index contributed by atoms with van der Waals surface area (Å²) in [6.45, 7) is 0. The van der Waals surface area contributed by atoms with Crippen molar-refractivity contribution < 1.29 is 13.2 Å². The van der Waals surface area contributed by atoms with Gasteiger partial charge in [-0.25, -0.2) is 5.10 Å². The first kappa shape index (κ1) is 14.8. The van der Waals surface area contributed by atoms with Gasteiger partial charge in [0, 0.05) is 5.56 Å². The molecule has 0 radical (unpaired) electrons. The highest BCUT2D eigenvalue weighted by Crippen LogP contribution is 2.36. The van der Waals surface area contributed by atoms with Crippen molar-refractivity contribution in [2.45, 2.75) is 6.18 Å². The highest BCUT2D eigenvalue weighted by atomic mass is 19.4. The second kappa shape index (κ2) is 5.57. The molecule has 0 saturated heterocycles. The number of nitrogens with one attached hydrogen (secondary N) is 1. The number of hydrogen-bond donors (Lipinski definition) is 1. The van der Waals surface area contributed by atoms with Crippen molar-refractivity contribution in [3.63, 3.8) is 0 Å². The zero-order chi connectivity index (χ0) is 16.4. The van der Waals surface area contributed by atoms with Crippen molar-refractivity contribution >= 4 is 0 Å². The molecule has 23 heavy (non-hydrogen) atoms. The minimum Gasteiger partial charge on any atom is -0.247 e. The fraction of sp³-hybridized carbons (Fsp3) is 0.0625. The maximum Gasteiger partial charge on any atom is 0.416 e. The van der Waals surface area contributed by atoms with Crippen LogP contribution < -0.4 is 0 Å². The Bertz CT molecular complexity index is 876. The zero-order valence-corrected chi connectivity index (χ0v) is 11.6. The van der Waals surface area contributed by atoms with Crippen LogP contribution in [0.15, 0.2) is 48.5 Å². The minimum absolute atomic E-state index is 0.0170. The minimum atomic E-state index is -4.50. The van der Waals surface area contributed by atoms with E-state index >= 15 is 0 Å². The number of aromatic nitrogens is 3. The lowest BCUT2D eigenvalue weighted by molar-refractivity contribution is -0.137. The zero-order valence-electron chi connectivity index (χ0n) is 11.6. The molecule has 7 heteroatoms. The van der Waals surface area contributed by atoms with Crippen molar-refractivity contribution in [2.75, 3.05) is 0 Å². The number of nitriles is 1. The summed E-state index contributed by atoms with van der Waals surface area (Å²) >= 11 is 0. The molecule has 114 valence electrons. The van der Waals surface area contributed by atoms with Crippen molar-refractivity contribution in [3.8, 4) is 28.5 Å². The molecule has 0 fully saturated rings. The van der Waals surface area contributed by atoms with Gasteiger partial charge in [0.15, 0.2) is 5.69 Å². The third kappa shape index (κ3) is 2.92. The van der Waals surface area contributed by atoms with Crippen LogP contribution in [0.4, 0.5) is 13.2 Å². The van der Waals surface area contributed by atoms with Crippen LogP contribution in [0.25, 0.3) is 22.4 Å². The van der Waals surface area contributed by atoms with Crippen LogP contribution in [0.1, 0.15) is 11.3 Å². The molecule has 0 aliphatic rings. The van der Waals surface area contributed by atoms with Crippen LogP contribution in [0.5, 0.6) is 0 Å². The van der Waals surface area contributed by atoms with E-state index in [1.54, 1.807) is 36.4 Å². The highest BCUT2D eigenvalue weighted by Gasteiger charge is 2.31. The molecule has 0 aliphatic carbocycles. The van der Waals surface area contributed by atoms with Gasteiger partial charge < -0.3 is 0 Å². The lowest BCUT2D eigenvalue weighted by atomic mass is 9.97. The number of halogens is 3. The van der Waals surface area contributed by atoms with Gasteiger partial charge in [0.1, 0.15) is 11.8 Å².